The molecule has 52 valence electrons. The van der Waals surface area contributed by atoms with Crippen LogP contribution < -0.4 is 11.5 Å². The molecule has 1 aliphatic carbocycles. The smallest absolute Gasteiger partial charge is 0.325 e. The number of carboxylic acid groups (broad SMARTS) is 1. The van der Waals surface area contributed by atoms with Gasteiger partial charge >= 0.3 is 5.97 Å². The van der Waals surface area contributed by atoms with Crippen LogP contribution in [-0.2, 0) is 4.79 Å². The number of carbonyl (C=O) groups is 1. The molecule has 2 atom stereocenters. The Balaban J connectivity index is 2.64. The largest absolute Gasteiger partial charge is 0.480 e. The molecule has 0 aromatic heterocycles. The zero-order chi connectivity index (χ0) is 7.07. The van der Waals surface area contributed by atoms with Gasteiger partial charge in [-0.3, -0.25) is 4.79 Å². The van der Waals surface area contributed by atoms with Gasteiger partial charge in [0.05, 0.1) is 0 Å². The summed E-state index contributed by atoms with van der Waals surface area (Å²) < 4.78 is 0. The van der Waals surface area contributed by atoms with Gasteiger partial charge in [-0.25, -0.2) is 0 Å². The highest BCUT2D eigenvalue weighted by atomic mass is 16.4. The molecule has 0 aliphatic heterocycles. The number of nitrogens with two attached hydrogens (primary N) is 2. The standard InChI is InChI=1S/C5H10N2O2/c6-3-1-2-5(3,7)4(8)9/h3H,1-2,6-7H2,(H,8,9)/t3-,5-/m1/s1. The Morgan fingerprint density at radius 2 is 2.33 bits per heavy atom. The molecular formula is C5H10N2O2. The summed E-state index contributed by atoms with van der Waals surface area (Å²) in [7, 11) is 0. The zero-order valence-corrected chi connectivity index (χ0v) is 5.00. The van der Waals surface area contributed by atoms with Crippen LogP contribution in [0.5, 0.6) is 0 Å². The summed E-state index contributed by atoms with van der Waals surface area (Å²) in [6, 6.07) is -0.352. The second kappa shape index (κ2) is 1.68. The van der Waals surface area contributed by atoms with Crippen molar-refractivity contribution in [3.05, 3.63) is 0 Å². The molecule has 0 heterocycles. The molecule has 4 nitrogen and oxygen atoms in total. The molecule has 1 aliphatic rings. The van der Waals surface area contributed by atoms with Crippen LogP contribution >= 0.6 is 0 Å². The van der Waals surface area contributed by atoms with Gasteiger partial charge in [-0.2, -0.15) is 0 Å². The van der Waals surface area contributed by atoms with E-state index >= 15 is 0 Å². The van der Waals surface area contributed by atoms with Crippen molar-refractivity contribution in [2.75, 3.05) is 0 Å². The Morgan fingerprint density at radius 3 is 2.33 bits per heavy atom. The van der Waals surface area contributed by atoms with Crippen LogP contribution in [0.4, 0.5) is 0 Å². The van der Waals surface area contributed by atoms with E-state index in [4.69, 9.17) is 16.6 Å². The van der Waals surface area contributed by atoms with E-state index in [0.717, 1.165) is 6.42 Å². The van der Waals surface area contributed by atoms with Gasteiger partial charge in [-0.1, -0.05) is 0 Å². The summed E-state index contributed by atoms with van der Waals surface area (Å²) in [5.41, 5.74) is 9.59. The molecule has 1 saturated carbocycles. The number of rotatable bonds is 1. The first-order valence-corrected chi connectivity index (χ1v) is 2.85. The Hall–Kier alpha value is -0.610. The van der Waals surface area contributed by atoms with Crippen LogP contribution in [0.1, 0.15) is 12.8 Å². The van der Waals surface area contributed by atoms with Gasteiger partial charge in [0, 0.05) is 6.04 Å². The van der Waals surface area contributed by atoms with Crippen molar-refractivity contribution in [3.8, 4) is 0 Å². The SMILES string of the molecule is N[C@@H]1CC[C@]1(N)C(=O)O. The van der Waals surface area contributed by atoms with E-state index in [1.807, 2.05) is 0 Å². The van der Waals surface area contributed by atoms with Crippen LogP contribution in [0.15, 0.2) is 0 Å². The fraction of sp³-hybridized carbons (Fsp3) is 0.800. The van der Waals surface area contributed by atoms with Crippen molar-refractivity contribution in [1.29, 1.82) is 0 Å². The van der Waals surface area contributed by atoms with Gasteiger partial charge in [-0.15, -0.1) is 0 Å². The van der Waals surface area contributed by atoms with Crippen molar-refractivity contribution < 1.29 is 9.90 Å². The fourth-order valence-corrected chi connectivity index (χ4v) is 0.888. The van der Waals surface area contributed by atoms with Crippen molar-refractivity contribution >= 4 is 5.97 Å². The summed E-state index contributed by atoms with van der Waals surface area (Å²) in [5.74, 6) is -0.985. The molecule has 0 unspecified atom stereocenters. The van der Waals surface area contributed by atoms with E-state index in [-0.39, 0.29) is 6.04 Å². The minimum absolute atomic E-state index is 0.352. The van der Waals surface area contributed by atoms with E-state index < -0.39 is 11.5 Å². The molecule has 0 aromatic carbocycles. The number of hydrogen-bond donors (Lipinski definition) is 3. The molecule has 0 bridgehead atoms. The number of aliphatic carboxylic acids is 1. The van der Waals surface area contributed by atoms with Crippen LogP contribution in [0.25, 0.3) is 0 Å². The third kappa shape index (κ3) is 0.710. The Labute approximate surface area is 52.8 Å². The lowest BCUT2D eigenvalue weighted by molar-refractivity contribution is -0.147. The van der Waals surface area contributed by atoms with Crippen molar-refractivity contribution in [1.82, 2.24) is 0 Å². The monoisotopic (exact) mass is 130 g/mol. The Bertz CT molecular complexity index is 148. The molecule has 0 spiro atoms. The van der Waals surface area contributed by atoms with Crippen LogP contribution in [-0.4, -0.2) is 22.7 Å². The lowest BCUT2D eigenvalue weighted by Gasteiger charge is -2.40. The predicted molar refractivity (Wildman–Crippen MR) is 31.8 cm³/mol. The summed E-state index contributed by atoms with van der Waals surface area (Å²) in [4.78, 5) is 10.3. The number of carboxylic acids is 1. The molecule has 0 amide bonds. The van der Waals surface area contributed by atoms with Gasteiger partial charge in [-0.05, 0) is 12.8 Å². The van der Waals surface area contributed by atoms with Gasteiger partial charge in [0.15, 0.2) is 0 Å². The molecule has 1 fully saturated rings. The van der Waals surface area contributed by atoms with E-state index in [0.29, 0.717) is 6.42 Å². The summed E-state index contributed by atoms with van der Waals surface area (Å²) in [6.07, 6.45) is 1.23. The quantitative estimate of drug-likeness (QED) is 0.420. The first kappa shape index (κ1) is 6.51. The Kier molecular flexibility index (Phi) is 1.22. The molecule has 0 radical (unpaired) electrons. The molecule has 4 heteroatoms. The molecule has 0 saturated heterocycles. The predicted octanol–water partition coefficient (Wildman–Crippen LogP) is -1.11. The Morgan fingerprint density at radius 1 is 1.78 bits per heavy atom. The average Bonchev–Trinajstić information content (AvgIpc) is 1.82. The third-order valence-corrected chi connectivity index (χ3v) is 1.93. The summed E-state index contributed by atoms with van der Waals surface area (Å²) in [6.45, 7) is 0. The maximum Gasteiger partial charge on any atom is 0.325 e. The first-order valence-electron chi connectivity index (χ1n) is 2.85. The van der Waals surface area contributed by atoms with E-state index in [2.05, 4.69) is 0 Å². The van der Waals surface area contributed by atoms with E-state index in [1.165, 1.54) is 0 Å². The van der Waals surface area contributed by atoms with Crippen LogP contribution in [0.2, 0.25) is 0 Å². The van der Waals surface area contributed by atoms with Gasteiger partial charge < -0.3 is 16.6 Å². The highest BCUT2D eigenvalue weighted by Gasteiger charge is 2.47. The van der Waals surface area contributed by atoms with Crippen molar-refractivity contribution in [2.24, 2.45) is 11.5 Å². The lowest BCUT2D eigenvalue weighted by atomic mass is 9.73. The molecule has 1 rings (SSSR count). The highest BCUT2D eigenvalue weighted by molar-refractivity contribution is 5.81. The summed E-state index contributed by atoms with van der Waals surface area (Å²) >= 11 is 0. The molecule has 5 N–H and O–H groups in total. The van der Waals surface area contributed by atoms with E-state index in [1.54, 1.807) is 0 Å². The molecule has 0 aromatic rings. The highest BCUT2D eigenvalue weighted by Crippen LogP contribution is 2.27. The summed E-state index contributed by atoms with van der Waals surface area (Å²) in [5, 5.41) is 8.46. The molecular weight excluding hydrogens is 120 g/mol. The average molecular weight is 130 g/mol. The van der Waals surface area contributed by atoms with Gasteiger partial charge in [0.2, 0.25) is 0 Å². The second-order valence-electron chi connectivity index (χ2n) is 2.49. The minimum atomic E-state index is -1.12. The van der Waals surface area contributed by atoms with Crippen molar-refractivity contribution in [2.45, 2.75) is 24.4 Å². The van der Waals surface area contributed by atoms with E-state index in [9.17, 15) is 4.79 Å². The van der Waals surface area contributed by atoms with Gasteiger partial charge in [0.1, 0.15) is 5.54 Å². The third-order valence-electron chi connectivity index (χ3n) is 1.93. The normalized spacial score (nSPS) is 41.8. The first-order chi connectivity index (χ1) is 4.07. The number of hydrogen-bond acceptors (Lipinski definition) is 3. The maximum absolute atomic E-state index is 10.3. The molecule has 9 heavy (non-hydrogen) atoms. The fourth-order valence-electron chi connectivity index (χ4n) is 0.888. The minimum Gasteiger partial charge on any atom is -0.480 e. The second-order valence-corrected chi connectivity index (χ2v) is 2.49. The van der Waals surface area contributed by atoms with Crippen LogP contribution in [0, 0.1) is 0 Å². The maximum atomic E-state index is 10.3. The van der Waals surface area contributed by atoms with Gasteiger partial charge in [0.25, 0.3) is 0 Å². The lowest BCUT2D eigenvalue weighted by Crippen LogP contribution is -2.67. The zero-order valence-electron chi connectivity index (χ0n) is 5.00. The van der Waals surface area contributed by atoms with Crippen LogP contribution in [0.3, 0.4) is 0 Å². The van der Waals surface area contributed by atoms with Crippen molar-refractivity contribution in [3.63, 3.8) is 0 Å². The topological polar surface area (TPSA) is 89.3 Å².